The molecule has 0 spiro atoms. The summed E-state index contributed by atoms with van der Waals surface area (Å²) in [6, 6.07) is 11.6. The number of nitrogens with zero attached hydrogens (tertiary/aromatic N) is 3. The second-order valence-corrected chi connectivity index (χ2v) is 18.9. The van der Waals surface area contributed by atoms with Crippen LogP contribution in [0.15, 0.2) is 54.8 Å². The third-order valence-corrected chi connectivity index (χ3v) is 12.4. The van der Waals surface area contributed by atoms with Crippen molar-refractivity contribution in [1.82, 2.24) is 15.0 Å². The SMILES string of the molecule is CCOC(=O)C1CCC(=O)CC1.CCOC(=O)C1CCC(O)(c2cc(C)cc(Br)n2)CC1.CCOC(=O)C1CCC(O)(c2cc(C)cc(Br)n2)CC1.Cc1cc(Br)nc(Br)c1. The summed E-state index contributed by atoms with van der Waals surface area (Å²) in [5, 5.41) is 21.6. The number of ketones is 1. The van der Waals surface area contributed by atoms with Gasteiger partial charge >= 0.3 is 17.9 Å². The Kier molecular flexibility index (Phi) is 22.1. The lowest BCUT2D eigenvalue weighted by Gasteiger charge is -2.34. The van der Waals surface area contributed by atoms with Crippen LogP contribution in [0, 0.1) is 38.5 Å². The Morgan fingerprint density at radius 1 is 0.541 bits per heavy atom. The van der Waals surface area contributed by atoms with Crippen LogP contribution in [0.3, 0.4) is 0 Å². The highest BCUT2D eigenvalue weighted by Crippen LogP contribution is 2.41. The van der Waals surface area contributed by atoms with Gasteiger partial charge in [0.25, 0.3) is 0 Å². The molecule has 0 aliphatic heterocycles. The summed E-state index contributed by atoms with van der Waals surface area (Å²) in [6.45, 7) is 12.6. The molecule has 0 radical (unpaired) electrons. The summed E-state index contributed by atoms with van der Waals surface area (Å²) in [4.78, 5) is 58.3. The van der Waals surface area contributed by atoms with Gasteiger partial charge in [-0.1, -0.05) is 0 Å². The Labute approximate surface area is 393 Å². The largest absolute Gasteiger partial charge is 0.466 e. The van der Waals surface area contributed by atoms with Gasteiger partial charge in [-0.2, -0.15) is 0 Å². The minimum atomic E-state index is -0.933. The summed E-state index contributed by atoms with van der Waals surface area (Å²) in [5.41, 5.74) is 2.82. The summed E-state index contributed by atoms with van der Waals surface area (Å²) in [7, 11) is 0. The summed E-state index contributed by atoms with van der Waals surface area (Å²) >= 11 is 13.3. The maximum absolute atomic E-state index is 11.7. The molecule has 61 heavy (non-hydrogen) atoms. The third-order valence-electron chi connectivity index (χ3n) is 10.8. The van der Waals surface area contributed by atoms with Gasteiger partial charge in [-0.15, -0.1) is 0 Å². The Hall–Kier alpha value is -2.63. The molecular formula is C45H59Br4N3O9. The van der Waals surface area contributed by atoms with Crippen LogP contribution in [0.4, 0.5) is 0 Å². The van der Waals surface area contributed by atoms with E-state index in [2.05, 4.69) is 78.7 Å². The van der Waals surface area contributed by atoms with Gasteiger partial charge in [-0.25, -0.2) is 15.0 Å². The van der Waals surface area contributed by atoms with Crippen LogP contribution in [-0.2, 0) is 44.6 Å². The van der Waals surface area contributed by atoms with Gasteiger partial charge in [-0.05, 0) is 223 Å². The number of aromatic nitrogens is 3. The van der Waals surface area contributed by atoms with E-state index in [0.29, 0.717) is 108 Å². The van der Waals surface area contributed by atoms with Gasteiger partial charge in [-0.3, -0.25) is 19.2 Å². The molecule has 16 heteroatoms. The van der Waals surface area contributed by atoms with E-state index in [1.807, 2.05) is 71.0 Å². The van der Waals surface area contributed by atoms with Crippen LogP contribution < -0.4 is 0 Å². The van der Waals surface area contributed by atoms with Crippen LogP contribution >= 0.6 is 63.7 Å². The Morgan fingerprint density at radius 2 is 0.820 bits per heavy atom. The highest BCUT2D eigenvalue weighted by atomic mass is 79.9. The maximum atomic E-state index is 11.7. The van der Waals surface area contributed by atoms with Gasteiger partial charge in [0.15, 0.2) is 0 Å². The number of pyridine rings is 3. The minimum absolute atomic E-state index is 0.0253. The molecule has 3 aliphatic rings. The first-order valence-corrected chi connectivity index (χ1v) is 24.0. The molecule has 6 rings (SSSR count). The molecular weight excluding hydrogens is 1050 g/mol. The van der Waals surface area contributed by atoms with Gasteiger partial charge in [0.2, 0.25) is 0 Å². The zero-order valence-electron chi connectivity index (χ0n) is 35.9. The molecule has 0 amide bonds. The molecule has 0 unspecified atom stereocenters. The fourth-order valence-electron chi connectivity index (χ4n) is 7.44. The third kappa shape index (κ3) is 17.5. The van der Waals surface area contributed by atoms with Crippen molar-refractivity contribution >= 4 is 87.4 Å². The molecule has 0 saturated heterocycles. The van der Waals surface area contributed by atoms with E-state index >= 15 is 0 Å². The van der Waals surface area contributed by atoms with Crippen LogP contribution in [0.2, 0.25) is 0 Å². The highest BCUT2D eigenvalue weighted by Gasteiger charge is 2.40. The van der Waals surface area contributed by atoms with Crippen molar-refractivity contribution in [2.45, 2.75) is 130 Å². The number of hydrogen-bond donors (Lipinski definition) is 2. The molecule has 3 aliphatic carbocycles. The number of esters is 3. The predicted octanol–water partition coefficient (Wildman–Crippen LogP) is 10.4. The average Bonchev–Trinajstić information content (AvgIpc) is 3.18. The predicted molar refractivity (Wildman–Crippen MR) is 246 cm³/mol. The fourth-order valence-corrected chi connectivity index (χ4v) is 9.89. The monoisotopic (exact) mass is 1100 g/mol. The van der Waals surface area contributed by atoms with Crippen LogP contribution in [0.1, 0.15) is 126 Å². The normalized spacial score (nSPS) is 22.5. The van der Waals surface area contributed by atoms with Crippen molar-refractivity contribution in [3.05, 3.63) is 82.9 Å². The van der Waals surface area contributed by atoms with Crippen LogP contribution in [0.25, 0.3) is 0 Å². The van der Waals surface area contributed by atoms with E-state index in [1.165, 1.54) is 5.56 Å². The Morgan fingerprint density at radius 3 is 1.10 bits per heavy atom. The number of aliphatic hydroxyl groups is 2. The van der Waals surface area contributed by atoms with E-state index in [-0.39, 0.29) is 41.4 Å². The molecule has 3 aromatic heterocycles. The van der Waals surface area contributed by atoms with Gasteiger partial charge < -0.3 is 24.4 Å². The van der Waals surface area contributed by atoms with Gasteiger partial charge in [0.1, 0.15) is 35.4 Å². The zero-order valence-corrected chi connectivity index (χ0v) is 42.3. The highest BCUT2D eigenvalue weighted by molar-refractivity contribution is 9.11. The first-order chi connectivity index (χ1) is 28.8. The maximum Gasteiger partial charge on any atom is 0.308 e. The number of carbonyl (C=O) groups excluding carboxylic acids is 4. The number of rotatable bonds is 8. The lowest BCUT2D eigenvalue weighted by Crippen LogP contribution is -2.35. The molecule has 0 bridgehead atoms. The van der Waals surface area contributed by atoms with E-state index in [0.717, 1.165) is 29.5 Å². The number of aryl methyl sites for hydroxylation is 3. The first-order valence-electron chi connectivity index (χ1n) is 20.9. The molecule has 0 atom stereocenters. The molecule has 3 aromatic rings. The number of carbonyl (C=O) groups is 4. The standard InChI is InChI=1S/2C15H20BrNO3.C9H14O3.C6H5Br2N/c2*1-3-20-14(18)11-4-6-15(19,7-5-11)12-8-10(2)9-13(16)17-12;1-2-12-9(11)7-3-5-8(10)6-4-7;1-4-2-5(7)9-6(8)3-4/h2*8-9,11,19H,3-7H2,1-2H3;7H,2-6H2,1H3;2-3H,1H3. The molecule has 3 fully saturated rings. The van der Waals surface area contributed by atoms with E-state index in [4.69, 9.17) is 14.2 Å². The molecule has 12 nitrogen and oxygen atoms in total. The van der Waals surface area contributed by atoms with Crippen molar-refractivity contribution in [3.63, 3.8) is 0 Å². The van der Waals surface area contributed by atoms with Crippen molar-refractivity contribution < 1.29 is 43.6 Å². The second-order valence-electron chi connectivity index (χ2n) is 15.7. The van der Waals surface area contributed by atoms with E-state index in [9.17, 15) is 29.4 Å². The molecule has 0 aromatic carbocycles. The molecule has 3 heterocycles. The fraction of sp³-hybridized carbons (Fsp3) is 0.578. The smallest absolute Gasteiger partial charge is 0.308 e. The van der Waals surface area contributed by atoms with Crippen molar-refractivity contribution in [2.75, 3.05) is 19.8 Å². The van der Waals surface area contributed by atoms with Crippen molar-refractivity contribution in [3.8, 4) is 0 Å². The number of halogens is 4. The lowest BCUT2D eigenvalue weighted by molar-refractivity contribution is -0.152. The topological polar surface area (TPSA) is 175 Å². The summed E-state index contributed by atoms with van der Waals surface area (Å²) < 4.78 is 18.2. The van der Waals surface area contributed by atoms with E-state index < -0.39 is 11.2 Å². The van der Waals surface area contributed by atoms with E-state index in [1.54, 1.807) is 6.92 Å². The minimum Gasteiger partial charge on any atom is -0.466 e. The van der Waals surface area contributed by atoms with Gasteiger partial charge in [0.05, 0.1) is 49.0 Å². The number of ether oxygens (including phenoxy) is 3. The lowest BCUT2D eigenvalue weighted by atomic mass is 9.77. The van der Waals surface area contributed by atoms with Crippen molar-refractivity contribution in [2.24, 2.45) is 17.8 Å². The molecule has 2 N–H and O–H groups in total. The van der Waals surface area contributed by atoms with Gasteiger partial charge in [0, 0.05) is 12.8 Å². The number of Topliss-reactive ketones (excluding diaryl/α,β-unsaturated/α-hetero) is 1. The van der Waals surface area contributed by atoms with Crippen LogP contribution in [0.5, 0.6) is 0 Å². The summed E-state index contributed by atoms with van der Waals surface area (Å²) in [6.07, 6.45) is 7.18. The van der Waals surface area contributed by atoms with Crippen molar-refractivity contribution in [1.29, 1.82) is 0 Å². The first kappa shape index (κ1) is 52.7. The Bertz CT molecular complexity index is 1740. The quantitative estimate of drug-likeness (QED) is 0.124. The van der Waals surface area contributed by atoms with Crippen LogP contribution in [-0.4, -0.2) is 68.7 Å². The number of hydrogen-bond acceptors (Lipinski definition) is 12. The molecule has 336 valence electrons. The zero-order chi connectivity index (χ0) is 45.3. The summed E-state index contributed by atoms with van der Waals surface area (Å²) in [5.74, 6) is -0.365. The second kappa shape index (κ2) is 25.6. The Balaban J connectivity index is 0.000000227. The average molecular weight is 1110 g/mol. The molecule has 3 saturated carbocycles.